The predicted molar refractivity (Wildman–Crippen MR) is 110 cm³/mol. The van der Waals surface area contributed by atoms with Gasteiger partial charge in [-0.2, -0.15) is 0 Å². The average molecular weight is 350 g/mol. The Morgan fingerprint density at radius 2 is 0.920 bits per heavy atom. The lowest BCUT2D eigenvalue weighted by atomic mass is 10.2. The molecule has 0 bridgehead atoms. The van der Waals surface area contributed by atoms with E-state index in [4.69, 9.17) is 0 Å². The van der Waals surface area contributed by atoms with Crippen LogP contribution in [0.15, 0.2) is 72.8 Å². The Morgan fingerprint density at radius 1 is 0.600 bits per heavy atom. The van der Waals surface area contributed by atoms with Gasteiger partial charge < -0.3 is 0 Å². The van der Waals surface area contributed by atoms with Gasteiger partial charge in [-0.15, -0.1) is 0 Å². The third-order valence-electron chi connectivity index (χ3n) is 5.00. The average Bonchev–Trinajstić information content (AvgIpc) is 2.62. The third-order valence-corrected chi connectivity index (χ3v) is 9.81. The van der Waals surface area contributed by atoms with Crippen molar-refractivity contribution in [3.63, 3.8) is 0 Å². The molecule has 0 aliphatic rings. The SMILES string of the molecule is Cc1ccccc1[P+](CC[18F])(c1ccccc1C)c1ccccc1C. The van der Waals surface area contributed by atoms with E-state index < -0.39 is 7.26 Å². The van der Waals surface area contributed by atoms with Crippen molar-refractivity contribution in [2.75, 3.05) is 12.8 Å². The minimum absolute atomic E-state index is 0.315. The fraction of sp³-hybridized carbons (Fsp3) is 0.217. The Bertz CT molecular complexity index is 758. The molecule has 0 aromatic heterocycles. The van der Waals surface area contributed by atoms with Gasteiger partial charge in [0, 0.05) is 0 Å². The van der Waals surface area contributed by atoms with E-state index in [1.54, 1.807) is 0 Å². The summed E-state index contributed by atoms with van der Waals surface area (Å²) in [7, 11) is -2.04. The van der Waals surface area contributed by atoms with Crippen molar-refractivity contribution in [2.24, 2.45) is 0 Å². The van der Waals surface area contributed by atoms with Crippen molar-refractivity contribution >= 4 is 23.2 Å². The second-order valence-corrected chi connectivity index (χ2v) is 10.1. The van der Waals surface area contributed by atoms with Crippen molar-refractivity contribution in [1.82, 2.24) is 0 Å². The van der Waals surface area contributed by atoms with Gasteiger partial charge in [0.05, 0.1) is 0 Å². The van der Waals surface area contributed by atoms with Crippen molar-refractivity contribution < 1.29 is 4.39 Å². The molecule has 2 heteroatoms. The molecule has 0 fully saturated rings. The number of alkyl halides is 1. The van der Waals surface area contributed by atoms with Crippen LogP contribution in [-0.2, 0) is 0 Å². The van der Waals surface area contributed by atoms with Crippen LogP contribution in [0.4, 0.5) is 4.39 Å². The van der Waals surface area contributed by atoms with Gasteiger partial charge in [-0.05, 0) is 55.7 Å². The first-order valence-electron chi connectivity index (χ1n) is 8.74. The molecule has 3 rings (SSSR count). The van der Waals surface area contributed by atoms with E-state index in [1.165, 1.54) is 32.6 Å². The summed E-state index contributed by atoms with van der Waals surface area (Å²) < 4.78 is 14.0. The van der Waals surface area contributed by atoms with E-state index in [1.807, 2.05) is 0 Å². The summed E-state index contributed by atoms with van der Waals surface area (Å²) in [6.07, 6.45) is 0.549. The smallest absolute Gasteiger partial charge is 0.124 e. The molecule has 0 atom stereocenters. The van der Waals surface area contributed by atoms with Crippen molar-refractivity contribution in [3.05, 3.63) is 89.5 Å². The number of aryl methyl sites for hydroxylation is 3. The van der Waals surface area contributed by atoms with E-state index in [0.29, 0.717) is 6.16 Å². The van der Waals surface area contributed by atoms with Crippen molar-refractivity contribution in [2.45, 2.75) is 20.8 Å². The van der Waals surface area contributed by atoms with Crippen LogP contribution in [0.5, 0.6) is 0 Å². The molecular weight excluding hydrogens is 325 g/mol. The highest BCUT2D eigenvalue weighted by molar-refractivity contribution is 7.96. The normalized spacial score (nSPS) is 11.5. The van der Waals surface area contributed by atoms with E-state index in [-0.39, 0.29) is 6.67 Å². The highest BCUT2D eigenvalue weighted by Gasteiger charge is 2.47. The molecule has 0 aliphatic carbocycles. The Labute approximate surface area is 151 Å². The monoisotopic (exact) mass is 350 g/mol. The first-order valence-corrected chi connectivity index (χ1v) is 10.7. The molecule has 0 heterocycles. The highest BCUT2D eigenvalue weighted by Crippen LogP contribution is 2.57. The molecule has 0 unspecified atom stereocenters. The maximum absolute atomic E-state index is 14.0. The predicted octanol–water partition coefficient (Wildman–Crippen LogP) is 4.88. The standard InChI is InChI=1S/C23H25FP/c1-18-10-4-7-13-21(18)25(17-16-24,22-14-8-5-11-19(22)2)23-15-9-6-12-20(23)3/h4-15H,16-17H2,1-3H3/q+1/i24-1. The first-order chi connectivity index (χ1) is 12.1. The van der Waals surface area contributed by atoms with Crippen LogP contribution in [-0.4, -0.2) is 12.8 Å². The van der Waals surface area contributed by atoms with Gasteiger partial charge in [0.25, 0.3) is 0 Å². The minimum atomic E-state index is -2.04. The molecule has 0 amide bonds. The summed E-state index contributed by atoms with van der Waals surface area (Å²) in [4.78, 5) is 0. The molecule has 0 saturated carbocycles. The van der Waals surface area contributed by atoms with Crippen LogP contribution >= 0.6 is 7.26 Å². The number of benzene rings is 3. The zero-order chi connectivity index (χ0) is 17.9. The zero-order valence-electron chi connectivity index (χ0n) is 15.2. The Balaban J connectivity index is 2.44. The Kier molecular flexibility index (Phi) is 5.35. The summed E-state index contributed by atoms with van der Waals surface area (Å²) in [6, 6.07) is 25.5. The zero-order valence-corrected chi connectivity index (χ0v) is 16.1. The molecule has 25 heavy (non-hydrogen) atoms. The van der Waals surface area contributed by atoms with Gasteiger partial charge in [0.1, 0.15) is 36.0 Å². The van der Waals surface area contributed by atoms with Gasteiger partial charge in [-0.25, -0.2) is 4.39 Å². The lowest BCUT2D eigenvalue weighted by molar-refractivity contribution is 0.531. The van der Waals surface area contributed by atoms with E-state index in [9.17, 15) is 4.39 Å². The molecule has 3 aromatic carbocycles. The molecular formula is C23H25FP+. The largest absolute Gasteiger partial charge is 0.247 e. The van der Waals surface area contributed by atoms with E-state index in [0.717, 1.165) is 0 Å². The first kappa shape index (κ1) is 17.8. The lowest BCUT2D eigenvalue weighted by Gasteiger charge is -2.30. The van der Waals surface area contributed by atoms with E-state index in [2.05, 4.69) is 93.6 Å². The summed E-state index contributed by atoms with van der Waals surface area (Å²) >= 11 is 0. The summed E-state index contributed by atoms with van der Waals surface area (Å²) in [5.74, 6) is 0. The van der Waals surface area contributed by atoms with Crippen LogP contribution in [0.25, 0.3) is 0 Å². The number of hydrogen-bond donors (Lipinski definition) is 0. The quantitative estimate of drug-likeness (QED) is 0.576. The third kappa shape index (κ3) is 3.14. The molecule has 0 aliphatic heterocycles. The highest BCUT2D eigenvalue weighted by atomic mass is 31.2. The van der Waals surface area contributed by atoms with Crippen LogP contribution in [0, 0.1) is 20.8 Å². The van der Waals surface area contributed by atoms with Gasteiger partial charge in [-0.1, -0.05) is 54.6 Å². The molecule has 0 radical (unpaired) electrons. The second-order valence-electron chi connectivity index (χ2n) is 6.58. The Morgan fingerprint density at radius 3 is 1.20 bits per heavy atom. The van der Waals surface area contributed by atoms with Gasteiger partial charge in [-0.3, -0.25) is 0 Å². The van der Waals surface area contributed by atoms with Gasteiger partial charge in [0.15, 0.2) is 0 Å². The summed E-state index contributed by atoms with van der Waals surface area (Å²) in [5.41, 5.74) is 3.74. The minimum Gasteiger partial charge on any atom is -0.247 e. The fourth-order valence-corrected chi connectivity index (χ4v) is 8.66. The lowest BCUT2D eigenvalue weighted by Crippen LogP contribution is -2.37. The molecule has 3 aromatic rings. The number of halogens is 1. The van der Waals surface area contributed by atoms with E-state index >= 15 is 0 Å². The van der Waals surface area contributed by atoms with Gasteiger partial charge >= 0.3 is 0 Å². The maximum atomic E-state index is 14.0. The Hall–Kier alpha value is -1.98. The van der Waals surface area contributed by atoms with Crippen molar-refractivity contribution in [1.29, 1.82) is 0 Å². The summed E-state index contributed by atoms with van der Waals surface area (Å²) in [6.45, 7) is 6.14. The van der Waals surface area contributed by atoms with Crippen LogP contribution in [0.3, 0.4) is 0 Å². The van der Waals surface area contributed by atoms with Crippen LogP contribution in [0.2, 0.25) is 0 Å². The molecule has 128 valence electrons. The van der Waals surface area contributed by atoms with Crippen LogP contribution in [0.1, 0.15) is 16.7 Å². The topological polar surface area (TPSA) is 0 Å². The fourth-order valence-electron chi connectivity index (χ4n) is 3.85. The number of hydrogen-bond acceptors (Lipinski definition) is 0. The molecule has 0 N–H and O–H groups in total. The number of rotatable bonds is 5. The molecule has 0 saturated heterocycles. The van der Waals surface area contributed by atoms with Crippen LogP contribution < -0.4 is 15.9 Å². The second kappa shape index (κ2) is 7.50. The summed E-state index contributed by atoms with van der Waals surface area (Å²) in [5, 5.41) is 3.91. The molecule has 0 spiro atoms. The molecule has 0 nitrogen and oxygen atoms in total. The van der Waals surface area contributed by atoms with Crippen molar-refractivity contribution in [3.8, 4) is 0 Å². The van der Waals surface area contributed by atoms with Gasteiger partial charge in [0.2, 0.25) is 0 Å². The maximum Gasteiger partial charge on any atom is 0.124 e.